The van der Waals surface area contributed by atoms with Crippen LogP contribution in [0.25, 0.3) is 0 Å². The summed E-state index contributed by atoms with van der Waals surface area (Å²) in [7, 11) is 0. The molecule has 1 heterocycles. The zero-order valence-electron chi connectivity index (χ0n) is 10.2. The van der Waals surface area contributed by atoms with E-state index in [0.29, 0.717) is 12.8 Å². The summed E-state index contributed by atoms with van der Waals surface area (Å²) in [5.41, 5.74) is -2.98. The summed E-state index contributed by atoms with van der Waals surface area (Å²) in [6.45, 7) is 3.36. The molecule has 0 saturated heterocycles. The van der Waals surface area contributed by atoms with E-state index < -0.39 is 30.1 Å². The Morgan fingerprint density at radius 2 is 2.06 bits per heavy atom. The molecule has 1 aliphatic heterocycles. The van der Waals surface area contributed by atoms with Gasteiger partial charge < -0.3 is 5.11 Å². The molecule has 0 aromatic carbocycles. The predicted molar refractivity (Wildman–Crippen MR) is 57.5 cm³/mol. The van der Waals surface area contributed by atoms with Crippen LogP contribution < -0.4 is 0 Å². The van der Waals surface area contributed by atoms with Crippen LogP contribution in [0.3, 0.4) is 0 Å². The van der Waals surface area contributed by atoms with Crippen molar-refractivity contribution >= 4 is 11.6 Å². The molecule has 0 unspecified atom stereocenters. The maximum Gasteiger partial charge on any atom is 0.438 e. The molecule has 1 amide bonds. The van der Waals surface area contributed by atoms with Gasteiger partial charge in [-0.25, -0.2) is 0 Å². The highest BCUT2D eigenvalue weighted by Gasteiger charge is 2.64. The zero-order chi connectivity index (χ0) is 13.7. The first-order valence-electron chi connectivity index (χ1n) is 5.87. The molecule has 0 spiro atoms. The number of carbonyl (C=O) groups excluding carboxylic acids is 1. The van der Waals surface area contributed by atoms with Crippen molar-refractivity contribution in [3.05, 3.63) is 0 Å². The van der Waals surface area contributed by atoms with Gasteiger partial charge in [-0.3, -0.25) is 4.79 Å². The number of carbonyl (C=O) groups is 1. The third kappa shape index (κ3) is 2.00. The van der Waals surface area contributed by atoms with E-state index in [4.69, 9.17) is 0 Å². The van der Waals surface area contributed by atoms with Crippen LogP contribution in [0.15, 0.2) is 5.10 Å². The van der Waals surface area contributed by atoms with Gasteiger partial charge in [0.1, 0.15) is 0 Å². The van der Waals surface area contributed by atoms with Crippen molar-refractivity contribution in [3.8, 4) is 0 Å². The van der Waals surface area contributed by atoms with E-state index >= 15 is 0 Å². The van der Waals surface area contributed by atoms with Crippen molar-refractivity contribution in [2.75, 3.05) is 0 Å². The van der Waals surface area contributed by atoms with E-state index in [2.05, 4.69) is 5.10 Å². The van der Waals surface area contributed by atoms with Crippen LogP contribution in [-0.2, 0) is 4.79 Å². The molecule has 1 aliphatic carbocycles. The first kappa shape index (κ1) is 13.3. The summed E-state index contributed by atoms with van der Waals surface area (Å²) in [6, 6.07) is 0. The summed E-state index contributed by atoms with van der Waals surface area (Å²) in [4.78, 5) is 11.8. The molecule has 7 heteroatoms. The topological polar surface area (TPSA) is 52.9 Å². The molecule has 2 rings (SSSR count). The lowest BCUT2D eigenvalue weighted by atomic mass is 9.99. The highest BCUT2D eigenvalue weighted by atomic mass is 19.4. The second kappa shape index (κ2) is 3.94. The highest BCUT2D eigenvalue weighted by Crippen LogP contribution is 2.44. The van der Waals surface area contributed by atoms with Gasteiger partial charge in [0.2, 0.25) is 5.91 Å². The van der Waals surface area contributed by atoms with Crippen molar-refractivity contribution in [2.24, 2.45) is 16.9 Å². The van der Waals surface area contributed by atoms with E-state index in [1.165, 1.54) is 0 Å². The molecule has 1 fully saturated rings. The van der Waals surface area contributed by atoms with E-state index in [1.54, 1.807) is 13.8 Å². The minimum atomic E-state index is -4.91. The van der Waals surface area contributed by atoms with E-state index in [1.807, 2.05) is 0 Å². The summed E-state index contributed by atoms with van der Waals surface area (Å²) in [5, 5.41) is 13.8. The normalized spacial score (nSPS) is 28.8. The first-order chi connectivity index (χ1) is 8.17. The van der Waals surface area contributed by atoms with Crippen molar-refractivity contribution in [3.63, 3.8) is 0 Å². The Morgan fingerprint density at radius 1 is 1.50 bits per heavy atom. The Morgan fingerprint density at radius 3 is 2.44 bits per heavy atom. The fourth-order valence-electron chi connectivity index (χ4n) is 1.85. The Bertz CT molecular complexity index is 402. The molecule has 1 atom stereocenters. The first-order valence-corrected chi connectivity index (χ1v) is 5.87. The van der Waals surface area contributed by atoms with Gasteiger partial charge in [0.05, 0.1) is 0 Å². The molecule has 1 saturated carbocycles. The van der Waals surface area contributed by atoms with Gasteiger partial charge in [-0.1, -0.05) is 13.8 Å². The monoisotopic (exact) mass is 264 g/mol. The Hall–Kier alpha value is -1.11. The van der Waals surface area contributed by atoms with Crippen LogP contribution >= 0.6 is 0 Å². The van der Waals surface area contributed by atoms with Crippen molar-refractivity contribution in [1.82, 2.24) is 5.01 Å². The largest absolute Gasteiger partial charge is 0.438 e. The van der Waals surface area contributed by atoms with Crippen molar-refractivity contribution < 1.29 is 23.1 Å². The summed E-state index contributed by atoms with van der Waals surface area (Å²) >= 11 is 0. The number of amides is 1. The molecule has 18 heavy (non-hydrogen) atoms. The van der Waals surface area contributed by atoms with Crippen LogP contribution in [0, 0.1) is 11.8 Å². The number of hydrazone groups is 1. The fraction of sp³-hybridized carbons (Fsp3) is 0.818. The second-order valence-corrected chi connectivity index (χ2v) is 5.16. The molecule has 0 radical (unpaired) electrons. The summed E-state index contributed by atoms with van der Waals surface area (Å²) in [5.74, 6) is -1.39. The average Bonchev–Trinajstić information content (AvgIpc) is 2.99. The van der Waals surface area contributed by atoms with Crippen LogP contribution in [0.5, 0.6) is 0 Å². The second-order valence-electron chi connectivity index (χ2n) is 5.16. The number of hydrogen-bond donors (Lipinski definition) is 1. The maximum atomic E-state index is 13.0. The standard InChI is InChI=1S/C11H15F3N2O2/c1-6(2)8-5-10(18,11(12,13)14)16(15-8)9(17)7-3-4-7/h6-7,18H,3-5H2,1-2H3/t10-/m1/s1. The quantitative estimate of drug-likeness (QED) is 0.828. The average molecular weight is 264 g/mol. The third-order valence-electron chi connectivity index (χ3n) is 3.26. The van der Waals surface area contributed by atoms with Gasteiger partial charge in [0, 0.05) is 18.1 Å². The van der Waals surface area contributed by atoms with Gasteiger partial charge in [0.25, 0.3) is 5.72 Å². The zero-order valence-corrected chi connectivity index (χ0v) is 10.2. The molecule has 0 aromatic heterocycles. The highest BCUT2D eigenvalue weighted by molar-refractivity contribution is 5.92. The minimum absolute atomic E-state index is 0.198. The maximum absolute atomic E-state index is 13.0. The van der Waals surface area contributed by atoms with Crippen LogP contribution in [0.4, 0.5) is 13.2 Å². The Kier molecular flexibility index (Phi) is 2.92. The lowest BCUT2D eigenvalue weighted by molar-refractivity contribution is -0.302. The number of rotatable bonds is 2. The lowest BCUT2D eigenvalue weighted by Crippen LogP contribution is -2.57. The predicted octanol–water partition coefficient (Wildman–Crippen LogP) is 1.89. The minimum Gasteiger partial charge on any atom is -0.362 e. The number of hydrogen-bond acceptors (Lipinski definition) is 3. The SMILES string of the molecule is CC(C)C1=NN(C(=O)C2CC2)[C@](O)(C(F)(F)F)C1. The lowest BCUT2D eigenvalue weighted by Gasteiger charge is -2.32. The molecule has 102 valence electrons. The third-order valence-corrected chi connectivity index (χ3v) is 3.26. The van der Waals surface area contributed by atoms with Gasteiger partial charge >= 0.3 is 6.18 Å². The molecular weight excluding hydrogens is 249 g/mol. The van der Waals surface area contributed by atoms with Crippen molar-refractivity contribution in [1.29, 1.82) is 0 Å². The fourth-order valence-corrected chi connectivity index (χ4v) is 1.85. The van der Waals surface area contributed by atoms with E-state index in [-0.39, 0.29) is 16.6 Å². The van der Waals surface area contributed by atoms with Crippen LogP contribution in [0.2, 0.25) is 0 Å². The summed E-state index contributed by atoms with van der Waals surface area (Å²) in [6.07, 6.45) is -4.43. The number of aliphatic hydroxyl groups is 1. The molecule has 0 aromatic rings. The van der Waals surface area contributed by atoms with Gasteiger partial charge in [-0.2, -0.15) is 23.3 Å². The van der Waals surface area contributed by atoms with Crippen LogP contribution in [-0.4, -0.2) is 33.6 Å². The smallest absolute Gasteiger partial charge is 0.362 e. The molecule has 1 N–H and O–H groups in total. The Labute approximate surface area is 102 Å². The Balaban J connectivity index is 2.33. The van der Waals surface area contributed by atoms with Crippen molar-refractivity contribution in [2.45, 2.75) is 45.0 Å². The van der Waals surface area contributed by atoms with E-state index in [0.717, 1.165) is 0 Å². The molecular formula is C11H15F3N2O2. The number of halogens is 3. The van der Waals surface area contributed by atoms with E-state index in [9.17, 15) is 23.1 Å². The van der Waals surface area contributed by atoms with Crippen LogP contribution in [0.1, 0.15) is 33.1 Å². The summed E-state index contributed by atoms with van der Waals surface area (Å²) < 4.78 is 38.9. The number of alkyl halides is 3. The molecule has 0 bridgehead atoms. The van der Waals surface area contributed by atoms with Gasteiger partial charge in [-0.05, 0) is 18.8 Å². The number of nitrogens with zero attached hydrogens (tertiary/aromatic N) is 2. The molecule has 2 aliphatic rings. The van der Waals surface area contributed by atoms with Gasteiger partial charge in [0.15, 0.2) is 0 Å². The van der Waals surface area contributed by atoms with Gasteiger partial charge in [-0.15, -0.1) is 0 Å². The molecule has 4 nitrogen and oxygen atoms in total.